The maximum Gasteiger partial charge on any atom is 0.296 e. The Hall–Kier alpha value is -2.13. The van der Waals surface area contributed by atoms with Gasteiger partial charge in [0.25, 0.3) is 15.6 Å². The third-order valence-corrected chi connectivity index (χ3v) is 3.73. The van der Waals surface area contributed by atoms with E-state index in [9.17, 15) is 13.2 Å². The van der Waals surface area contributed by atoms with Crippen LogP contribution in [0.1, 0.15) is 19.6 Å². The summed E-state index contributed by atoms with van der Waals surface area (Å²) < 4.78 is 31.7. The Bertz CT molecular complexity index is 743. The van der Waals surface area contributed by atoms with E-state index in [1.54, 1.807) is 6.07 Å². The summed E-state index contributed by atoms with van der Waals surface area (Å²) in [7, 11) is -3.87. The number of rotatable bonds is 6. The third kappa shape index (κ3) is 4.17. The topological polar surface area (TPSA) is 117 Å². The van der Waals surface area contributed by atoms with Crippen LogP contribution in [0.15, 0.2) is 38.6 Å². The minimum atomic E-state index is -3.87. The van der Waals surface area contributed by atoms with Gasteiger partial charge in [-0.2, -0.15) is 13.5 Å². The van der Waals surface area contributed by atoms with Crippen molar-refractivity contribution in [2.45, 2.75) is 31.5 Å². The summed E-state index contributed by atoms with van der Waals surface area (Å²) in [4.78, 5) is 10.9. The lowest BCUT2D eigenvalue weighted by Crippen LogP contribution is -2.21. The molecule has 8 nitrogen and oxygen atoms in total. The van der Waals surface area contributed by atoms with Crippen LogP contribution in [-0.4, -0.2) is 24.7 Å². The summed E-state index contributed by atoms with van der Waals surface area (Å²) in [5, 5.41) is 8.62. The largest absolute Gasteiger partial charge is 0.446 e. The van der Waals surface area contributed by atoms with Crippen molar-refractivity contribution < 1.29 is 12.8 Å². The molecule has 2 aromatic heterocycles. The first-order chi connectivity index (χ1) is 9.87. The van der Waals surface area contributed by atoms with Crippen molar-refractivity contribution in [2.75, 3.05) is 4.72 Å². The molecule has 2 rings (SSSR count). The Balaban J connectivity index is 2.12. The zero-order chi connectivity index (χ0) is 15.5. The standard InChI is InChI=1S/C12H16N4O4S/c1-8(2)13-7-9-3-6-12(20-9)21(18,19)16-10-4-5-11(17)15-14-10/h3-6,8,13H,7H2,1-2H3,(H,14,16)(H,15,17). The molecular weight excluding hydrogens is 296 g/mol. The molecule has 2 aromatic rings. The van der Waals surface area contributed by atoms with Crippen molar-refractivity contribution >= 4 is 15.8 Å². The highest BCUT2D eigenvalue weighted by Gasteiger charge is 2.19. The SMILES string of the molecule is CC(C)NCc1ccc(S(=O)(=O)Nc2ccc(=O)[nH]n2)o1. The van der Waals surface area contributed by atoms with E-state index in [0.717, 1.165) is 0 Å². The second kappa shape index (κ2) is 6.10. The van der Waals surface area contributed by atoms with E-state index in [0.29, 0.717) is 12.3 Å². The summed E-state index contributed by atoms with van der Waals surface area (Å²) in [6, 6.07) is 5.65. The van der Waals surface area contributed by atoms with Crippen molar-refractivity contribution in [2.24, 2.45) is 0 Å². The van der Waals surface area contributed by atoms with Crippen LogP contribution in [-0.2, 0) is 16.6 Å². The molecule has 0 saturated heterocycles. The van der Waals surface area contributed by atoms with E-state index >= 15 is 0 Å². The van der Waals surface area contributed by atoms with E-state index in [1.807, 2.05) is 13.8 Å². The Morgan fingerprint density at radius 1 is 1.29 bits per heavy atom. The Labute approximate surface area is 121 Å². The number of nitrogens with zero attached hydrogens (tertiary/aromatic N) is 1. The maximum atomic E-state index is 12.1. The van der Waals surface area contributed by atoms with Gasteiger partial charge >= 0.3 is 0 Å². The molecule has 0 atom stereocenters. The van der Waals surface area contributed by atoms with E-state index < -0.39 is 15.6 Å². The smallest absolute Gasteiger partial charge is 0.296 e. The minimum Gasteiger partial charge on any atom is -0.446 e. The number of aromatic amines is 1. The molecule has 0 spiro atoms. The summed E-state index contributed by atoms with van der Waals surface area (Å²) in [6.07, 6.45) is 0. The lowest BCUT2D eigenvalue weighted by atomic mass is 10.3. The van der Waals surface area contributed by atoms with Crippen LogP contribution in [0, 0.1) is 0 Å². The van der Waals surface area contributed by atoms with Crippen LogP contribution in [0.3, 0.4) is 0 Å². The van der Waals surface area contributed by atoms with E-state index in [4.69, 9.17) is 4.42 Å². The Morgan fingerprint density at radius 3 is 2.67 bits per heavy atom. The van der Waals surface area contributed by atoms with Crippen molar-refractivity contribution in [3.05, 3.63) is 40.4 Å². The number of anilines is 1. The second-order valence-corrected chi connectivity index (χ2v) is 6.28. The average Bonchev–Trinajstić information content (AvgIpc) is 2.88. The number of furan rings is 1. The molecule has 9 heteroatoms. The Morgan fingerprint density at radius 2 is 2.05 bits per heavy atom. The molecule has 0 aliphatic rings. The number of aromatic nitrogens is 2. The van der Waals surface area contributed by atoms with Gasteiger partial charge in [-0.05, 0) is 18.2 Å². The van der Waals surface area contributed by atoms with Gasteiger partial charge in [0, 0.05) is 12.1 Å². The fraction of sp³-hybridized carbons (Fsp3) is 0.333. The molecule has 0 saturated carbocycles. The van der Waals surface area contributed by atoms with Crippen LogP contribution in [0.4, 0.5) is 5.82 Å². The lowest BCUT2D eigenvalue weighted by molar-refractivity contribution is 0.396. The van der Waals surface area contributed by atoms with Gasteiger partial charge in [-0.1, -0.05) is 13.8 Å². The van der Waals surface area contributed by atoms with Gasteiger partial charge in [0.15, 0.2) is 5.82 Å². The molecule has 114 valence electrons. The molecule has 2 heterocycles. The molecule has 0 aromatic carbocycles. The van der Waals surface area contributed by atoms with Crippen molar-refractivity contribution in [1.29, 1.82) is 0 Å². The number of hydrogen-bond donors (Lipinski definition) is 3. The third-order valence-electron chi connectivity index (χ3n) is 2.50. The van der Waals surface area contributed by atoms with E-state index in [1.165, 1.54) is 18.2 Å². The van der Waals surface area contributed by atoms with Gasteiger partial charge < -0.3 is 9.73 Å². The normalized spacial score (nSPS) is 11.8. The summed E-state index contributed by atoms with van der Waals surface area (Å²) >= 11 is 0. The molecule has 0 aliphatic carbocycles. The quantitative estimate of drug-likeness (QED) is 0.721. The first kappa shape index (κ1) is 15.3. The van der Waals surface area contributed by atoms with Crippen LogP contribution in [0.2, 0.25) is 0 Å². The number of nitrogens with one attached hydrogen (secondary N) is 3. The minimum absolute atomic E-state index is 0.00727. The van der Waals surface area contributed by atoms with Crippen LogP contribution in [0.25, 0.3) is 0 Å². The zero-order valence-corrected chi connectivity index (χ0v) is 12.4. The number of hydrogen-bond acceptors (Lipinski definition) is 6. The molecule has 21 heavy (non-hydrogen) atoms. The Kier molecular flexibility index (Phi) is 4.43. The van der Waals surface area contributed by atoms with Gasteiger partial charge in [-0.15, -0.1) is 0 Å². The van der Waals surface area contributed by atoms with Crippen molar-refractivity contribution in [3.8, 4) is 0 Å². The van der Waals surface area contributed by atoms with Gasteiger partial charge in [0.1, 0.15) is 5.76 Å². The zero-order valence-electron chi connectivity index (χ0n) is 11.6. The van der Waals surface area contributed by atoms with Crippen molar-refractivity contribution in [3.63, 3.8) is 0 Å². The van der Waals surface area contributed by atoms with Crippen LogP contribution >= 0.6 is 0 Å². The van der Waals surface area contributed by atoms with Crippen molar-refractivity contribution in [1.82, 2.24) is 15.5 Å². The summed E-state index contributed by atoms with van der Waals surface area (Å²) in [6.45, 7) is 4.39. The molecular formula is C12H16N4O4S. The number of H-pyrrole nitrogens is 1. The summed E-state index contributed by atoms with van der Waals surface area (Å²) in [5.41, 5.74) is -0.419. The molecule has 0 fully saturated rings. The monoisotopic (exact) mass is 312 g/mol. The average molecular weight is 312 g/mol. The lowest BCUT2D eigenvalue weighted by Gasteiger charge is -2.06. The van der Waals surface area contributed by atoms with Gasteiger partial charge in [-0.25, -0.2) is 5.10 Å². The molecule has 0 radical (unpaired) electrons. The molecule has 3 N–H and O–H groups in total. The predicted octanol–water partition coefficient (Wildman–Crippen LogP) is 0.662. The first-order valence-electron chi connectivity index (χ1n) is 6.27. The molecule has 0 amide bonds. The van der Waals surface area contributed by atoms with E-state index in [2.05, 4.69) is 20.2 Å². The highest BCUT2D eigenvalue weighted by molar-refractivity contribution is 7.92. The second-order valence-electron chi connectivity index (χ2n) is 4.67. The highest BCUT2D eigenvalue weighted by Crippen LogP contribution is 2.16. The van der Waals surface area contributed by atoms with E-state index in [-0.39, 0.29) is 17.0 Å². The van der Waals surface area contributed by atoms with Crippen LogP contribution < -0.4 is 15.6 Å². The first-order valence-corrected chi connectivity index (χ1v) is 7.76. The molecule has 0 unspecified atom stereocenters. The summed E-state index contributed by atoms with van der Waals surface area (Å²) in [5.74, 6) is 0.520. The fourth-order valence-corrected chi connectivity index (χ4v) is 2.45. The highest BCUT2D eigenvalue weighted by atomic mass is 32.2. The predicted molar refractivity (Wildman–Crippen MR) is 76.3 cm³/mol. The fourth-order valence-electron chi connectivity index (χ4n) is 1.49. The number of sulfonamides is 1. The van der Waals surface area contributed by atoms with Gasteiger partial charge in [-0.3, -0.25) is 9.52 Å². The maximum absolute atomic E-state index is 12.1. The molecule has 0 bridgehead atoms. The van der Waals surface area contributed by atoms with Gasteiger partial charge in [0.2, 0.25) is 5.09 Å². The van der Waals surface area contributed by atoms with Gasteiger partial charge in [0.05, 0.1) is 6.54 Å². The molecule has 0 aliphatic heterocycles. The van der Waals surface area contributed by atoms with Crippen LogP contribution in [0.5, 0.6) is 0 Å².